The summed E-state index contributed by atoms with van der Waals surface area (Å²) in [7, 11) is 0. The van der Waals surface area contributed by atoms with Gasteiger partial charge in [-0.2, -0.15) is 0 Å². The molecule has 9 rings (SSSR count). The first-order chi connectivity index (χ1) is 22.8. The van der Waals surface area contributed by atoms with Gasteiger partial charge in [-0.3, -0.25) is 0 Å². The predicted octanol–water partition coefficient (Wildman–Crippen LogP) is 12.7. The summed E-state index contributed by atoms with van der Waals surface area (Å²) in [6.45, 7) is 0. The van der Waals surface area contributed by atoms with Crippen LogP contribution in [0.3, 0.4) is 0 Å². The zero-order valence-corrected chi connectivity index (χ0v) is 25.1. The lowest BCUT2D eigenvalue weighted by molar-refractivity contribution is 0.673. The van der Waals surface area contributed by atoms with Crippen LogP contribution in [0.5, 0.6) is 0 Å². The standard InChI is InChI=1S/C44H29NO/c1-2-11-30(12-3-1)34-16-8-17-36(29-34)45(35-26-23-33(24-27-35)38-20-9-15-31-13-4-6-18-37(31)38)42-22-10-21-40-41-28-25-32-14-5-7-19-39(32)43(41)46-44(40)42/h1-29H. The molecule has 46 heavy (non-hydrogen) atoms. The van der Waals surface area contributed by atoms with Crippen LogP contribution in [0.4, 0.5) is 17.1 Å². The van der Waals surface area contributed by atoms with E-state index in [-0.39, 0.29) is 0 Å². The number of para-hydroxylation sites is 1. The lowest BCUT2D eigenvalue weighted by Crippen LogP contribution is -2.10. The van der Waals surface area contributed by atoms with Crippen molar-refractivity contribution >= 4 is 60.5 Å². The molecule has 0 aliphatic carbocycles. The molecule has 2 nitrogen and oxygen atoms in total. The smallest absolute Gasteiger partial charge is 0.159 e. The molecule has 0 radical (unpaired) electrons. The Bertz CT molecular complexity index is 2520. The number of rotatable bonds is 5. The molecule has 0 saturated heterocycles. The highest BCUT2D eigenvalue weighted by atomic mass is 16.3. The third-order valence-electron chi connectivity index (χ3n) is 9.05. The van der Waals surface area contributed by atoms with E-state index in [9.17, 15) is 0 Å². The summed E-state index contributed by atoms with van der Waals surface area (Å²) in [6, 6.07) is 62.6. The Kier molecular flexibility index (Phi) is 6.17. The van der Waals surface area contributed by atoms with Gasteiger partial charge < -0.3 is 9.32 Å². The molecule has 0 aliphatic heterocycles. The van der Waals surface area contributed by atoms with E-state index in [2.05, 4.69) is 181 Å². The van der Waals surface area contributed by atoms with Crippen LogP contribution < -0.4 is 4.90 Å². The van der Waals surface area contributed by atoms with E-state index in [0.717, 1.165) is 44.4 Å². The van der Waals surface area contributed by atoms with Gasteiger partial charge in [0.05, 0.1) is 5.69 Å². The van der Waals surface area contributed by atoms with Crippen molar-refractivity contribution in [1.82, 2.24) is 0 Å². The quantitative estimate of drug-likeness (QED) is 0.199. The fraction of sp³-hybridized carbons (Fsp3) is 0. The second-order valence-electron chi connectivity index (χ2n) is 11.7. The van der Waals surface area contributed by atoms with Crippen molar-refractivity contribution in [1.29, 1.82) is 0 Å². The fourth-order valence-corrected chi connectivity index (χ4v) is 6.84. The summed E-state index contributed by atoms with van der Waals surface area (Å²) < 4.78 is 6.84. The molecule has 8 aromatic carbocycles. The van der Waals surface area contributed by atoms with Crippen LogP contribution in [0.2, 0.25) is 0 Å². The van der Waals surface area contributed by atoms with Crippen LogP contribution in [0.15, 0.2) is 180 Å². The molecule has 0 unspecified atom stereocenters. The molecule has 0 bridgehead atoms. The number of anilines is 3. The molecular weight excluding hydrogens is 558 g/mol. The second kappa shape index (κ2) is 10.8. The van der Waals surface area contributed by atoms with Gasteiger partial charge in [0.1, 0.15) is 5.58 Å². The fourth-order valence-electron chi connectivity index (χ4n) is 6.84. The van der Waals surface area contributed by atoms with E-state index in [4.69, 9.17) is 4.42 Å². The Morgan fingerprint density at radius 1 is 0.348 bits per heavy atom. The Hall–Kier alpha value is -6.12. The molecule has 1 heterocycles. The minimum absolute atomic E-state index is 0.872. The van der Waals surface area contributed by atoms with Crippen molar-refractivity contribution in [2.75, 3.05) is 4.90 Å². The van der Waals surface area contributed by atoms with Gasteiger partial charge in [-0.1, -0.05) is 140 Å². The monoisotopic (exact) mass is 587 g/mol. The first kappa shape index (κ1) is 26.3. The Morgan fingerprint density at radius 3 is 1.83 bits per heavy atom. The molecule has 0 saturated carbocycles. The predicted molar refractivity (Wildman–Crippen MR) is 194 cm³/mol. The van der Waals surface area contributed by atoms with E-state index in [1.54, 1.807) is 0 Å². The summed E-state index contributed by atoms with van der Waals surface area (Å²) >= 11 is 0. The molecule has 2 heteroatoms. The minimum Gasteiger partial charge on any atom is -0.453 e. The zero-order valence-electron chi connectivity index (χ0n) is 25.1. The maximum Gasteiger partial charge on any atom is 0.159 e. The van der Waals surface area contributed by atoms with Crippen LogP contribution in [-0.4, -0.2) is 0 Å². The van der Waals surface area contributed by atoms with Gasteiger partial charge in [0, 0.05) is 27.5 Å². The van der Waals surface area contributed by atoms with Crippen molar-refractivity contribution < 1.29 is 4.42 Å². The Labute approximate surface area is 267 Å². The summed E-state index contributed by atoms with van der Waals surface area (Å²) in [6.07, 6.45) is 0. The lowest BCUT2D eigenvalue weighted by atomic mass is 9.98. The normalized spacial score (nSPS) is 11.5. The van der Waals surface area contributed by atoms with Crippen LogP contribution in [0.1, 0.15) is 0 Å². The molecule has 0 amide bonds. The molecular formula is C44H29NO. The number of nitrogens with zero attached hydrogens (tertiary/aromatic N) is 1. The average molecular weight is 588 g/mol. The molecule has 0 spiro atoms. The van der Waals surface area contributed by atoms with Crippen molar-refractivity contribution in [3.05, 3.63) is 176 Å². The summed E-state index contributed by atoms with van der Waals surface area (Å²) in [5, 5.41) is 7.03. The van der Waals surface area contributed by atoms with Crippen LogP contribution in [0.25, 0.3) is 65.7 Å². The topological polar surface area (TPSA) is 16.4 Å². The maximum atomic E-state index is 6.84. The molecule has 0 atom stereocenters. The van der Waals surface area contributed by atoms with Crippen LogP contribution in [-0.2, 0) is 0 Å². The van der Waals surface area contributed by atoms with Crippen LogP contribution >= 0.6 is 0 Å². The third-order valence-corrected chi connectivity index (χ3v) is 9.05. The third kappa shape index (κ3) is 4.35. The summed E-state index contributed by atoms with van der Waals surface area (Å²) in [5.74, 6) is 0. The molecule has 0 N–H and O–H groups in total. The highest BCUT2D eigenvalue weighted by Crippen LogP contribution is 2.44. The highest BCUT2D eigenvalue weighted by molar-refractivity contribution is 6.17. The summed E-state index contributed by atoms with van der Waals surface area (Å²) in [5.41, 5.74) is 9.69. The molecule has 9 aromatic rings. The highest BCUT2D eigenvalue weighted by Gasteiger charge is 2.20. The first-order valence-electron chi connectivity index (χ1n) is 15.7. The van der Waals surface area contributed by atoms with E-state index in [1.807, 2.05) is 0 Å². The van der Waals surface area contributed by atoms with Gasteiger partial charge in [0.15, 0.2) is 5.58 Å². The second-order valence-corrected chi connectivity index (χ2v) is 11.7. The molecule has 0 fully saturated rings. The number of benzene rings is 8. The SMILES string of the molecule is c1ccc(-c2cccc(N(c3ccc(-c4cccc5ccccc45)cc3)c3cccc4c3oc3c5ccccc5ccc43)c2)cc1. The maximum absolute atomic E-state index is 6.84. The number of fused-ring (bicyclic) bond motifs is 6. The summed E-state index contributed by atoms with van der Waals surface area (Å²) in [4.78, 5) is 2.33. The van der Waals surface area contributed by atoms with Crippen LogP contribution in [0, 0.1) is 0 Å². The van der Waals surface area contributed by atoms with Crippen molar-refractivity contribution in [3.8, 4) is 22.3 Å². The Balaban J connectivity index is 1.25. The number of hydrogen-bond acceptors (Lipinski definition) is 2. The van der Waals surface area contributed by atoms with Gasteiger partial charge in [0.2, 0.25) is 0 Å². The lowest BCUT2D eigenvalue weighted by Gasteiger charge is -2.26. The van der Waals surface area contributed by atoms with Crippen molar-refractivity contribution in [2.24, 2.45) is 0 Å². The average Bonchev–Trinajstić information content (AvgIpc) is 3.53. The van der Waals surface area contributed by atoms with E-state index in [1.165, 1.54) is 38.4 Å². The number of hydrogen-bond donors (Lipinski definition) is 0. The Morgan fingerprint density at radius 2 is 0.978 bits per heavy atom. The van der Waals surface area contributed by atoms with E-state index >= 15 is 0 Å². The van der Waals surface area contributed by atoms with Gasteiger partial charge in [-0.25, -0.2) is 0 Å². The molecule has 216 valence electrons. The molecule has 0 aliphatic rings. The van der Waals surface area contributed by atoms with Gasteiger partial charge in [-0.15, -0.1) is 0 Å². The van der Waals surface area contributed by atoms with Crippen molar-refractivity contribution in [3.63, 3.8) is 0 Å². The van der Waals surface area contributed by atoms with E-state index in [0.29, 0.717) is 0 Å². The van der Waals surface area contributed by atoms with Crippen molar-refractivity contribution in [2.45, 2.75) is 0 Å². The largest absolute Gasteiger partial charge is 0.453 e. The molecule has 1 aromatic heterocycles. The number of furan rings is 1. The van der Waals surface area contributed by atoms with Gasteiger partial charge in [-0.05, 0) is 74.8 Å². The van der Waals surface area contributed by atoms with E-state index < -0.39 is 0 Å². The van der Waals surface area contributed by atoms with Gasteiger partial charge in [0.25, 0.3) is 0 Å². The van der Waals surface area contributed by atoms with Gasteiger partial charge >= 0.3 is 0 Å². The zero-order chi connectivity index (χ0) is 30.5. The first-order valence-corrected chi connectivity index (χ1v) is 15.7. The minimum atomic E-state index is 0.872.